The minimum atomic E-state index is -0.856. The molecule has 2 aromatic carbocycles. The average molecular weight is 677 g/mol. The second-order valence-electron chi connectivity index (χ2n) is 13.7. The standard InChI is InChI=1S/C41H48N4O3S/c1-5-43(6-2)32-20-22-44(23-21-32)27(3)26-45-36-25-37(41(46)47)49-40(36)38(29-10-8-7-9-11-29)39(45)31-15-19-35-30(24-31)14-18-34(42-35)28-12-16-33(48-4)17-13-28/h12-19,24-25,29,32H,3,5-11,20-23,26H2,1-2,4H3,(H,46,47). The number of allylic oxidation sites excluding steroid dienone is 1. The number of carboxylic acid groups (broad SMARTS) is 1. The third-order valence-electron chi connectivity index (χ3n) is 10.9. The van der Waals surface area contributed by atoms with Crippen LogP contribution < -0.4 is 4.74 Å². The molecule has 5 aromatic rings. The highest BCUT2D eigenvalue weighted by molar-refractivity contribution is 7.21. The van der Waals surface area contributed by atoms with Gasteiger partial charge in [0.2, 0.25) is 0 Å². The lowest BCUT2D eigenvalue weighted by Gasteiger charge is -2.39. The maximum absolute atomic E-state index is 12.3. The fourth-order valence-corrected chi connectivity index (χ4v) is 9.39. The zero-order valence-corrected chi connectivity index (χ0v) is 29.9. The molecule has 3 aromatic heterocycles. The van der Waals surface area contributed by atoms with Gasteiger partial charge in [-0.25, -0.2) is 9.78 Å². The van der Waals surface area contributed by atoms with Crippen LogP contribution in [0.5, 0.6) is 5.75 Å². The Hall–Kier alpha value is -4.14. The van der Waals surface area contributed by atoms with Crippen molar-refractivity contribution in [2.24, 2.45) is 0 Å². The summed E-state index contributed by atoms with van der Waals surface area (Å²) in [7, 11) is 1.68. The van der Waals surface area contributed by atoms with Crippen LogP contribution in [0.15, 0.2) is 72.9 Å². The number of rotatable bonds is 11. The molecule has 0 amide bonds. The Morgan fingerprint density at radius 2 is 1.67 bits per heavy atom. The van der Waals surface area contributed by atoms with Gasteiger partial charge in [0.1, 0.15) is 10.6 Å². The predicted molar refractivity (Wildman–Crippen MR) is 202 cm³/mol. The lowest BCUT2D eigenvalue weighted by Crippen LogP contribution is -2.44. The van der Waals surface area contributed by atoms with Gasteiger partial charge in [-0.15, -0.1) is 11.3 Å². The topological polar surface area (TPSA) is 70.8 Å². The normalized spacial score (nSPS) is 16.2. The summed E-state index contributed by atoms with van der Waals surface area (Å²) in [5, 5.41) is 11.2. The quantitative estimate of drug-likeness (QED) is 0.150. The molecular formula is C41H48N4O3S. The Morgan fingerprint density at radius 3 is 2.35 bits per heavy atom. The molecule has 2 fully saturated rings. The number of aromatic carboxylic acids is 1. The zero-order chi connectivity index (χ0) is 34.1. The molecule has 0 atom stereocenters. The fraction of sp³-hybridized carbons (Fsp3) is 0.415. The molecule has 1 saturated heterocycles. The van der Waals surface area contributed by atoms with E-state index in [2.05, 4.69) is 65.1 Å². The van der Waals surface area contributed by atoms with E-state index in [1.165, 1.54) is 41.9 Å². The molecule has 0 bridgehead atoms. The fourth-order valence-electron chi connectivity index (χ4n) is 8.26. The van der Waals surface area contributed by atoms with Gasteiger partial charge in [0, 0.05) is 35.8 Å². The summed E-state index contributed by atoms with van der Waals surface area (Å²) in [5.74, 6) is 0.371. The number of ether oxygens (including phenoxy) is 1. The van der Waals surface area contributed by atoms with Gasteiger partial charge in [0.25, 0.3) is 0 Å². The van der Waals surface area contributed by atoms with Crippen LogP contribution in [0, 0.1) is 0 Å². The molecule has 7 rings (SSSR count). The molecule has 0 unspecified atom stereocenters. The largest absolute Gasteiger partial charge is 0.497 e. The Bertz CT molecular complexity index is 1960. The van der Waals surface area contributed by atoms with Gasteiger partial charge >= 0.3 is 5.97 Å². The average Bonchev–Trinajstić information content (AvgIpc) is 3.70. The number of carboxylic acids is 1. The molecule has 256 valence electrons. The predicted octanol–water partition coefficient (Wildman–Crippen LogP) is 9.66. The van der Waals surface area contributed by atoms with Crippen molar-refractivity contribution in [3.8, 4) is 28.3 Å². The number of aromatic nitrogens is 2. The van der Waals surface area contributed by atoms with Gasteiger partial charge in [-0.2, -0.15) is 0 Å². The molecule has 0 radical (unpaired) electrons. The van der Waals surface area contributed by atoms with Gasteiger partial charge in [0.15, 0.2) is 0 Å². The number of pyridine rings is 1. The van der Waals surface area contributed by atoms with Gasteiger partial charge in [-0.05, 0) is 104 Å². The summed E-state index contributed by atoms with van der Waals surface area (Å²) in [5.41, 5.74) is 8.73. The van der Waals surface area contributed by atoms with Crippen LogP contribution in [0.2, 0.25) is 0 Å². The molecule has 4 heterocycles. The van der Waals surface area contributed by atoms with Crippen LogP contribution in [0.1, 0.15) is 79.9 Å². The lowest BCUT2D eigenvalue weighted by molar-refractivity contribution is 0.0702. The van der Waals surface area contributed by atoms with E-state index < -0.39 is 5.97 Å². The smallest absolute Gasteiger partial charge is 0.345 e. The SMILES string of the molecule is C=C(Cn1c(-c2ccc3nc(-c4ccc(OC)cc4)ccc3c2)c(C2CCCCC2)c2sc(C(=O)O)cc21)N1CCC(N(CC)CC)CC1. The number of fused-ring (bicyclic) bond motifs is 2. The van der Waals surface area contributed by atoms with Gasteiger partial charge in [0.05, 0.1) is 40.8 Å². The first-order valence-corrected chi connectivity index (χ1v) is 18.8. The van der Waals surface area contributed by atoms with E-state index >= 15 is 0 Å². The van der Waals surface area contributed by atoms with Crippen molar-refractivity contribution >= 4 is 38.4 Å². The second-order valence-corrected chi connectivity index (χ2v) is 14.7. The van der Waals surface area contributed by atoms with E-state index in [4.69, 9.17) is 9.72 Å². The molecule has 0 spiro atoms. The first-order valence-electron chi connectivity index (χ1n) is 18.0. The summed E-state index contributed by atoms with van der Waals surface area (Å²) >= 11 is 1.44. The Kier molecular flexibility index (Phi) is 9.79. The summed E-state index contributed by atoms with van der Waals surface area (Å²) in [4.78, 5) is 22.8. The summed E-state index contributed by atoms with van der Waals surface area (Å²) in [6.45, 7) is 14.0. The van der Waals surface area contributed by atoms with Crippen molar-refractivity contribution in [3.63, 3.8) is 0 Å². The number of piperidine rings is 1. The Morgan fingerprint density at radius 1 is 0.959 bits per heavy atom. The van der Waals surface area contributed by atoms with Gasteiger partial charge in [-0.3, -0.25) is 0 Å². The molecule has 1 aliphatic heterocycles. The minimum Gasteiger partial charge on any atom is -0.497 e. The number of methoxy groups -OCH3 is 1. The number of likely N-dealkylation sites (tertiary alicyclic amines) is 1. The van der Waals surface area contributed by atoms with Crippen LogP contribution >= 0.6 is 11.3 Å². The number of hydrogen-bond donors (Lipinski definition) is 1. The molecule has 7 nitrogen and oxygen atoms in total. The van der Waals surface area contributed by atoms with Gasteiger partial charge < -0.3 is 24.2 Å². The van der Waals surface area contributed by atoms with E-state index in [0.29, 0.717) is 23.4 Å². The number of benzene rings is 2. The van der Waals surface area contributed by atoms with Crippen molar-refractivity contribution in [2.75, 3.05) is 33.3 Å². The maximum Gasteiger partial charge on any atom is 0.345 e. The lowest BCUT2D eigenvalue weighted by atomic mass is 9.83. The molecule has 49 heavy (non-hydrogen) atoms. The van der Waals surface area contributed by atoms with E-state index in [0.717, 1.165) is 101 Å². The van der Waals surface area contributed by atoms with Gasteiger partial charge in [-0.1, -0.05) is 51.8 Å². The summed E-state index contributed by atoms with van der Waals surface area (Å²) in [6, 6.07) is 21.4. The number of carbonyl (C=O) groups is 1. The Labute approximate surface area is 293 Å². The second kappa shape index (κ2) is 14.4. The first-order chi connectivity index (χ1) is 23.9. The zero-order valence-electron chi connectivity index (χ0n) is 29.1. The number of nitrogens with zero attached hydrogens (tertiary/aromatic N) is 4. The van der Waals surface area contributed by atoms with E-state index in [1.54, 1.807) is 7.11 Å². The minimum absolute atomic E-state index is 0.400. The highest BCUT2D eigenvalue weighted by Gasteiger charge is 2.30. The highest BCUT2D eigenvalue weighted by atomic mass is 32.1. The molecule has 1 N–H and O–H groups in total. The van der Waals surface area contributed by atoms with Crippen molar-refractivity contribution < 1.29 is 14.6 Å². The van der Waals surface area contributed by atoms with E-state index in [-0.39, 0.29) is 0 Å². The summed E-state index contributed by atoms with van der Waals surface area (Å²) < 4.78 is 8.86. The van der Waals surface area contributed by atoms with Crippen LogP contribution in [0.3, 0.4) is 0 Å². The molecule has 1 aliphatic carbocycles. The number of hydrogen-bond acceptors (Lipinski definition) is 6. The van der Waals surface area contributed by atoms with Crippen LogP contribution in [0.25, 0.3) is 43.6 Å². The first kappa shape index (κ1) is 33.4. The van der Waals surface area contributed by atoms with Crippen molar-refractivity contribution in [3.05, 3.63) is 83.4 Å². The van der Waals surface area contributed by atoms with Crippen molar-refractivity contribution in [1.29, 1.82) is 0 Å². The third-order valence-corrected chi connectivity index (χ3v) is 12.1. The third kappa shape index (κ3) is 6.61. The highest BCUT2D eigenvalue weighted by Crippen LogP contribution is 2.47. The Balaban J connectivity index is 1.29. The molecule has 2 aliphatic rings. The van der Waals surface area contributed by atoms with Crippen molar-refractivity contribution in [2.45, 2.75) is 77.3 Å². The van der Waals surface area contributed by atoms with Crippen LogP contribution in [-0.2, 0) is 6.54 Å². The monoisotopic (exact) mass is 676 g/mol. The van der Waals surface area contributed by atoms with E-state index in [1.807, 2.05) is 30.3 Å². The van der Waals surface area contributed by atoms with Crippen LogP contribution in [0.4, 0.5) is 0 Å². The maximum atomic E-state index is 12.3. The number of thiophene rings is 1. The van der Waals surface area contributed by atoms with Crippen molar-refractivity contribution in [1.82, 2.24) is 19.4 Å². The molecule has 8 heteroatoms. The molecule has 1 saturated carbocycles. The van der Waals surface area contributed by atoms with Crippen LogP contribution in [-0.4, -0.2) is 69.8 Å². The summed E-state index contributed by atoms with van der Waals surface area (Å²) in [6.07, 6.45) is 8.22. The molecular weight excluding hydrogens is 629 g/mol. The van der Waals surface area contributed by atoms with E-state index in [9.17, 15) is 9.90 Å².